The normalized spacial score (nSPS) is 18.6. The molecule has 2 unspecified atom stereocenters. The summed E-state index contributed by atoms with van der Waals surface area (Å²) in [7, 11) is 0. The third-order valence-corrected chi connectivity index (χ3v) is 5.29. The van der Waals surface area contributed by atoms with Gasteiger partial charge in [0.15, 0.2) is 0 Å². The van der Waals surface area contributed by atoms with Gasteiger partial charge in [-0.1, -0.05) is 58.4 Å². The third-order valence-electron chi connectivity index (χ3n) is 4.33. The first-order valence-corrected chi connectivity index (χ1v) is 7.84. The first-order valence-electron chi connectivity index (χ1n) is 6.93. The summed E-state index contributed by atoms with van der Waals surface area (Å²) in [6.07, 6.45) is 2.33. The molecule has 2 aromatic rings. The zero-order valence-corrected chi connectivity index (χ0v) is 13.1. The number of hydrogen-bond acceptors (Lipinski definition) is 0. The van der Waals surface area contributed by atoms with E-state index in [1.54, 1.807) is 0 Å². The van der Waals surface area contributed by atoms with E-state index >= 15 is 0 Å². The van der Waals surface area contributed by atoms with Gasteiger partial charge in [-0.05, 0) is 54.5 Å². The van der Waals surface area contributed by atoms with Gasteiger partial charge >= 0.3 is 0 Å². The van der Waals surface area contributed by atoms with E-state index in [0.717, 1.165) is 6.42 Å². The molecule has 2 aromatic carbocycles. The fourth-order valence-electron chi connectivity index (χ4n) is 2.92. The second-order valence-electron chi connectivity index (χ2n) is 5.65. The van der Waals surface area contributed by atoms with Gasteiger partial charge in [-0.25, -0.2) is 0 Å². The Morgan fingerprint density at radius 1 is 1.11 bits per heavy atom. The molecule has 0 N–H and O–H groups in total. The molecule has 1 heteroatoms. The van der Waals surface area contributed by atoms with Crippen molar-refractivity contribution < 1.29 is 0 Å². The zero-order valence-electron chi connectivity index (χ0n) is 11.5. The molecule has 0 spiro atoms. The van der Waals surface area contributed by atoms with Gasteiger partial charge in [-0.2, -0.15) is 0 Å². The highest BCUT2D eigenvalue weighted by Gasteiger charge is 2.31. The van der Waals surface area contributed by atoms with E-state index < -0.39 is 0 Å². The quantitative estimate of drug-likeness (QED) is 0.703. The van der Waals surface area contributed by atoms with Crippen molar-refractivity contribution in [2.45, 2.75) is 37.4 Å². The van der Waals surface area contributed by atoms with Gasteiger partial charge in [0.2, 0.25) is 0 Å². The van der Waals surface area contributed by atoms with Crippen molar-refractivity contribution in [1.82, 2.24) is 0 Å². The lowest BCUT2D eigenvalue weighted by Gasteiger charge is -2.34. The Bertz CT molecular complexity index is 600. The lowest BCUT2D eigenvalue weighted by atomic mass is 9.75. The number of alkyl halides is 1. The summed E-state index contributed by atoms with van der Waals surface area (Å²) >= 11 is 3.90. The predicted octanol–water partition coefficient (Wildman–Crippen LogP) is 4.95. The first kappa shape index (κ1) is 12.9. The molecule has 0 nitrogen and oxygen atoms in total. The van der Waals surface area contributed by atoms with Crippen LogP contribution in [0.25, 0.3) is 0 Å². The van der Waals surface area contributed by atoms with Crippen LogP contribution in [0.15, 0.2) is 42.5 Å². The highest BCUT2D eigenvalue weighted by Crippen LogP contribution is 2.41. The Hall–Kier alpha value is -1.08. The minimum absolute atomic E-state index is 0.546. The van der Waals surface area contributed by atoms with Crippen molar-refractivity contribution >= 4 is 15.9 Å². The van der Waals surface area contributed by atoms with Crippen molar-refractivity contribution in [3.8, 4) is 0 Å². The molecular formula is C18H19Br. The number of aryl methyl sites for hydroxylation is 2. The van der Waals surface area contributed by atoms with Crippen LogP contribution in [0.2, 0.25) is 0 Å². The standard InChI is InChI=1S/C18H19Br/c1-12-7-8-14(9-13(12)2)10-18(19)17-11-15-5-3-4-6-16(15)17/h3-9,17-18H,10-11H2,1-2H3. The number of rotatable bonds is 3. The Morgan fingerprint density at radius 3 is 2.63 bits per heavy atom. The van der Waals surface area contributed by atoms with Crippen LogP contribution in [-0.4, -0.2) is 4.83 Å². The second kappa shape index (κ2) is 5.13. The molecule has 0 saturated carbocycles. The van der Waals surface area contributed by atoms with Crippen LogP contribution in [0.3, 0.4) is 0 Å². The first-order chi connectivity index (χ1) is 9.15. The van der Waals surface area contributed by atoms with E-state index in [1.165, 1.54) is 34.2 Å². The second-order valence-corrected chi connectivity index (χ2v) is 6.82. The Morgan fingerprint density at radius 2 is 1.89 bits per heavy atom. The summed E-state index contributed by atoms with van der Waals surface area (Å²) in [6, 6.07) is 15.6. The highest BCUT2D eigenvalue weighted by atomic mass is 79.9. The summed E-state index contributed by atoms with van der Waals surface area (Å²) in [4.78, 5) is 0.546. The van der Waals surface area contributed by atoms with Crippen molar-refractivity contribution in [3.63, 3.8) is 0 Å². The van der Waals surface area contributed by atoms with Crippen LogP contribution < -0.4 is 0 Å². The molecule has 19 heavy (non-hydrogen) atoms. The average molecular weight is 315 g/mol. The Labute approximate surface area is 124 Å². The van der Waals surface area contributed by atoms with Gasteiger partial charge in [-0.15, -0.1) is 0 Å². The van der Waals surface area contributed by atoms with Crippen LogP contribution >= 0.6 is 15.9 Å². The van der Waals surface area contributed by atoms with Crippen LogP contribution in [0.4, 0.5) is 0 Å². The van der Waals surface area contributed by atoms with E-state index in [-0.39, 0.29) is 0 Å². The smallest absolute Gasteiger partial charge is 0.0258 e. The summed E-state index contributed by atoms with van der Waals surface area (Å²) in [6.45, 7) is 4.37. The van der Waals surface area contributed by atoms with Gasteiger partial charge in [0, 0.05) is 10.7 Å². The SMILES string of the molecule is Cc1ccc(CC(Br)C2Cc3ccccc32)cc1C. The molecule has 0 saturated heterocycles. The maximum absolute atomic E-state index is 3.90. The molecule has 0 heterocycles. The fraction of sp³-hybridized carbons (Fsp3) is 0.333. The van der Waals surface area contributed by atoms with Gasteiger partial charge in [0.1, 0.15) is 0 Å². The predicted molar refractivity (Wildman–Crippen MR) is 85.2 cm³/mol. The van der Waals surface area contributed by atoms with Crippen LogP contribution in [0.1, 0.15) is 33.7 Å². The monoisotopic (exact) mass is 314 g/mol. The lowest BCUT2D eigenvalue weighted by molar-refractivity contribution is 0.580. The average Bonchev–Trinajstić information content (AvgIpc) is 2.35. The molecule has 3 rings (SSSR count). The molecule has 0 aromatic heterocycles. The van der Waals surface area contributed by atoms with E-state index in [0.29, 0.717) is 10.7 Å². The third kappa shape index (κ3) is 2.49. The van der Waals surface area contributed by atoms with E-state index in [1.807, 2.05) is 0 Å². The molecule has 0 fully saturated rings. The minimum Gasteiger partial charge on any atom is -0.0880 e. The fourth-order valence-corrected chi connectivity index (χ4v) is 3.76. The molecule has 0 amide bonds. The maximum Gasteiger partial charge on any atom is 0.0258 e. The van der Waals surface area contributed by atoms with Crippen molar-refractivity contribution in [2.75, 3.05) is 0 Å². The van der Waals surface area contributed by atoms with E-state index in [2.05, 4.69) is 72.2 Å². The Kier molecular flexibility index (Phi) is 3.49. The van der Waals surface area contributed by atoms with E-state index in [9.17, 15) is 0 Å². The summed E-state index contributed by atoms with van der Waals surface area (Å²) < 4.78 is 0. The lowest BCUT2D eigenvalue weighted by Crippen LogP contribution is -2.26. The van der Waals surface area contributed by atoms with Crippen LogP contribution in [0.5, 0.6) is 0 Å². The molecule has 98 valence electrons. The molecule has 2 atom stereocenters. The topological polar surface area (TPSA) is 0 Å². The summed E-state index contributed by atoms with van der Waals surface area (Å²) in [5, 5.41) is 0. The summed E-state index contributed by atoms with van der Waals surface area (Å²) in [5.41, 5.74) is 7.27. The highest BCUT2D eigenvalue weighted by molar-refractivity contribution is 9.09. The van der Waals surface area contributed by atoms with Crippen molar-refractivity contribution in [2.24, 2.45) is 0 Å². The molecule has 0 bridgehead atoms. The number of hydrogen-bond donors (Lipinski definition) is 0. The molecule has 0 radical (unpaired) electrons. The minimum atomic E-state index is 0.546. The number of fused-ring (bicyclic) bond motifs is 1. The summed E-state index contributed by atoms with van der Waals surface area (Å²) in [5.74, 6) is 0.679. The molecule has 1 aliphatic rings. The van der Waals surface area contributed by atoms with Gasteiger partial charge < -0.3 is 0 Å². The van der Waals surface area contributed by atoms with E-state index in [4.69, 9.17) is 0 Å². The van der Waals surface area contributed by atoms with Gasteiger partial charge in [0.25, 0.3) is 0 Å². The maximum atomic E-state index is 3.90. The number of halogens is 1. The van der Waals surface area contributed by atoms with Crippen LogP contribution in [0, 0.1) is 13.8 Å². The molecule has 1 aliphatic carbocycles. The van der Waals surface area contributed by atoms with Gasteiger partial charge in [0.05, 0.1) is 0 Å². The van der Waals surface area contributed by atoms with Crippen LogP contribution in [-0.2, 0) is 12.8 Å². The van der Waals surface area contributed by atoms with Crippen molar-refractivity contribution in [3.05, 3.63) is 70.3 Å². The molecular weight excluding hydrogens is 296 g/mol. The zero-order chi connectivity index (χ0) is 13.4. The number of benzene rings is 2. The largest absolute Gasteiger partial charge is 0.0880 e. The van der Waals surface area contributed by atoms with Crippen molar-refractivity contribution in [1.29, 1.82) is 0 Å². The Balaban J connectivity index is 1.73. The molecule has 0 aliphatic heterocycles. The van der Waals surface area contributed by atoms with Gasteiger partial charge in [-0.3, -0.25) is 0 Å².